The van der Waals surface area contributed by atoms with Gasteiger partial charge in [-0.1, -0.05) is 60.7 Å². The molecule has 2 aliphatic rings. The van der Waals surface area contributed by atoms with Crippen LogP contribution in [0.4, 0.5) is 5.69 Å². The highest BCUT2D eigenvalue weighted by Gasteiger charge is 2.67. The van der Waals surface area contributed by atoms with Crippen LogP contribution in [0.15, 0.2) is 84.9 Å². The molecule has 0 aliphatic carbocycles. The Hall–Kier alpha value is -4.70. The van der Waals surface area contributed by atoms with E-state index in [1.807, 2.05) is 71.6 Å². The molecule has 0 unspecified atom stereocenters. The topological polar surface area (TPSA) is 96.7 Å². The molecule has 0 radical (unpaired) electrons. The summed E-state index contributed by atoms with van der Waals surface area (Å²) in [5.41, 5.74) is 1.03. The van der Waals surface area contributed by atoms with Crippen LogP contribution in [-0.4, -0.2) is 36.4 Å². The largest absolute Gasteiger partial charge is 0.465 e. The average molecular weight is 507 g/mol. The van der Waals surface area contributed by atoms with Gasteiger partial charge in [0.25, 0.3) is 0 Å². The molecule has 38 heavy (non-hydrogen) atoms. The van der Waals surface area contributed by atoms with E-state index in [1.165, 1.54) is 6.92 Å². The summed E-state index contributed by atoms with van der Waals surface area (Å²) in [6.45, 7) is 3.11. The number of hydrogen-bond donors (Lipinski definition) is 0. The molecule has 0 amide bonds. The number of nitrogens with zero attached hydrogens (tertiary/aromatic N) is 2. The Balaban J connectivity index is 1.73. The Morgan fingerprint density at radius 3 is 2.32 bits per heavy atom. The maximum atomic E-state index is 14.4. The third-order valence-corrected chi connectivity index (χ3v) is 7.17. The predicted molar refractivity (Wildman–Crippen MR) is 141 cm³/mol. The summed E-state index contributed by atoms with van der Waals surface area (Å²) in [6, 6.07) is 23.8. The Bertz CT molecular complexity index is 1460. The molecule has 0 aromatic heterocycles. The molecule has 0 N–H and O–H groups in total. The number of carbonyl (C=O) groups is 3. The van der Waals surface area contributed by atoms with Crippen molar-refractivity contribution >= 4 is 29.5 Å². The number of esters is 2. The van der Waals surface area contributed by atoms with Gasteiger partial charge in [-0.25, -0.2) is 0 Å². The van der Waals surface area contributed by atoms with Crippen molar-refractivity contribution in [3.63, 3.8) is 0 Å². The van der Waals surface area contributed by atoms with E-state index in [-0.39, 0.29) is 12.4 Å². The number of hydrogen-bond acceptors (Lipinski definition) is 7. The van der Waals surface area contributed by atoms with Crippen molar-refractivity contribution in [1.29, 1.82) is 5.26 Å². The Kier molecular flexibility index (Phi) is 6.56. The molecule has 2 heterocycles. The Labute approximate surface area is 220 Å². The molecule has 3 aromatic carbocycles. The number of nitriles is 1. The molecule has 4 atom stereocenters. The molecule has 7 heteroatoms. The zero-order valence-electron chi connectivity index (χ0n) is 21.0. The van der Waals surface area contributed by atoms with Gasteiger partial charge in [0, 0.05) is 24.1 Å². The van der Waals surface area contributed by atoms with E-state index in [0.717, 1.165) is 11.3 Å². The van der Waals surface area contributed by atoms with Crippen molar-refractivity contribution in [2.45, 2.75) is 31.8 Å². The number of para-hydroxylation sites is 1. The molecule has 190 valence electrons. The quantitative estimate of drug-likeness (QED) is 0.266. The number of anilines is 1. The smallest absolute Gasteiger partial charge is 0.329 e. The van der Waals surface area contributed by atoms with Gasteiger partial charge >= 0.3 is 11.9 Å². The van der Waals surface area contributed by atoms with Crippen LogP contribution in [0, 0.1) is 16.7 Å². The van der Waals surface area contributed by atoms with Crippen LogP contribution in [0.3, 0.4) is 0 Å². The molecule has 1 fully saturated rings. The van der Waals surface area contributed by atoms with Gasteiger partial charge in [0.1, 0.15) is 11.8 Å². The maximum Gasteiger partial charge on any atom is 0.329 e. The minimum Gasteiger partial charge on any atom is -0.465 e. The minimum absolute atomic E-state index is 0.104. The number of benzene rings is 3. The van der Waals surface area contributed by atoms with E-state index >= 15 is 0 Å². The third kappa shape index (κ3) is 3.95. The molecular formula is C31H26N2O5. The zero-order chi connectivity index (χ0) is 26.9. The van der Waals surface area contributed by atoms with Gasteiger partial charge in [0.05, 0.1) is 18.7 Å². The first-order valence-electron chi connectivity index (χ1n) is 12.4. The van der Waals surface area contributed by atoms with E-state index in [4.69, 9.17) is 9.47 Å². The molecular weight excluding hydrogens is 480 g/mol. The van der Waals surface area contributed by atoms with Crippen molar-refractivity contribution in [2.24, 2.45) is 5.41 Å². The summed E-state index contributed by atoms with van der Waals surface area (Å²) in [5.74, 6) is -1.88. The van der Waals surface area contributed by atoms with E-state index in [2.05, 4.69) is 6.07 Å². The fraction of sp³-hybridized carbons (Fsp3) is 0.226. The molecule has 0 bridgehead atoms. The second kappa shape index (κ2) is 9.98. The van der Waals surface area contributed by atoms with Crippen LogP contribution < -0.4 is 9.64 Å². The monoisotopic (exact) mass is 506 g/mol. The number of rotatable bonds is 6. The van der Waals surface area contributed by atoms with Crippen LogP contribution in [-0.2, 0) is 14.3 Å². The summed E-state index contributed by atoms with van der Waals surface area (Å²) in [5, 5.41) is 10.8. The lowest BCUT2D eigenvalue weighted by atomic mass is 9.68. The van der Waals surface area contributed by atoms with Gasteiger partial charge in [-0.15, -0.1) is 0 Å². The number of Topliss-reactive ketones (excluding diaryl/α,β-unsaturated/α-hetero) is 1. The number of ether oxygens (including phenoxy) is 2. The van der Waals surface area contributed by atoms with Crippen molar-refractivity contribution in [3.05, 3.63) is 102 Å². The zero-order valence-corrected chi connectivity index (χ0v) is 21.0. The molecule has 1 saturated heterocycles. The van der Waals surface area contributed by atoms with Gasteiger partial charge in [-0.3, -0.25) is 14.4 Å². The fourth-order valence-electron chi connectivity index (χ4n) is 5.68. The van der Waals surface area contributed by atoms with E-state index in [1.54, 1.807) is 31.2 Å². The summed E-state index contributed by atoms with van der Waals surface area (Å²) in [6.07, 6.45) is 3.72. The van der Waals surface area contributed by atoms with Crippen LogP contribution in [0.1, 0.15) is 41.3 Å². The molecule has 2 aliphatic heterocycles. The molecule has 7 nitrogen and oxygen atoms in total. The maximum absolute atomic E-state index is 14.4. The van der Waals surface area contributed by atoms with Crippen molar-refractivity contribution in [2.75, 3.05) is 11.5 Å². The van der Waals surface area contributed by atoms with Crippen molar-refractivity contribution in [1.82, 2.24) is 0 Å². The Morgan fingerprint density at radius 2 is 1.66 bits per heavy atom. The van der Waals surface area contributed by atoms with Crippen LogP contribution in [0.5, 0.6) is 5.75 Å². The van der Waals surface area contributed by atoms with Crippen molar-refractivity contribution in [3.8, 4) is 11.8 Å². The van der Waals surface area contributed by atoms with Gasteiger partial charge in [0.15, 0.2) is 11.2 Å². The number of fused-ring (bicyclic) bond motifs is 3. The lowest BCUT2D eigenvalue weighted by Gasteiger charge is -2.36. The van der Waals surface area contributed by atoms with Crippen LogP contribution in [0.25, 0.3) is 6.08 Å². The highest BCUT2D eigenvalue weighted by molar-refractivity contribution is 6.06. The van der Waals surface area contributed by atoms with E-state index < -0.39 is 35.4 Å². The second-order valence-corrected chi connectivity index (χ2v) is 9.29. The predicted octanol–water partition coefficient (Wildman–Crippen LogP) is 4.94. The molecule has 0 saturated carbocycles. The second-order valence-electron chi connectivity index (χ2n) is 9.29. The highest BCUT2D eigenvalue weighted by Crippen LogP contribution is 2.56. The Morgan fingerprint density at radius 1 is 0.974 bits per heavy atom. The normalized spacial score (nSPS) is 23.1. The first kappa shape index (κ1) is 25.0. The third-order valence-electron chi connectivity index (χ3n) is 7.17. The first-order valence-corrected chi connectivity index (χ1v) is 12.4. The number of ketones is 1. The summed E-state index contributed by atoms with van der Waals surface area (Å²) in [7, 11) is 0. The van der Waals surface area contributed by atoms with E-state index in [9.17, 15) is 19.6 Å². The summed E-state index contributed by atoms with van der Waals surface area (Å²) >= 11 is 0. The summed E-state index contributed by atoms with van der Waals surface area (Å²) in [4.78, 5) is 41.4. The number of carbonyl (C=O) groups excluding carboxylic acids is 3. The van der Waals surface area contributed by atoms with E-state index in [0.29, 0.717) is 16.9 Å². The molecule has 3 aromatic rings. The molecule has 0 spiro atoms. The standard InChI is InChI=1S/C31H26N2O5/c1-3-37-30(36)31(19-32)26-18-15-21-9-7-8-12-25(21)33(26)28(27(31)22-10-5-4-6-11-22)29(35)23-13-16-24(17-14-23)38-20(2)34/h4-18,26-28H,3H2,1-2H3/t26-,27-,28+,31-/m0/s1. The summed E-state index contributed by atoms with van der Waals surface area (Å²) < 4.78 is 10.6. The molecule has 5 rings (SSSR count). The van der Waals surface area contributed by atoms with Crippen LogP contribution >= 0.6 is 0 Å². The average Bonchev–Trinajstić information content (AvgIpc) is 3.25. The van der Waals surface area contributed by atoms with Gasteiger partial charge < -0.3 is 14.4 Å². The lowest BCUT2D eigenvalue weighted by molar-refractivity contribution is -0.152. The van der Waals surface area contributed by atoms with Crippen molar-refractivity contribution < 1.29 is 23.9 Å². The first-order chi connectivity index (χ1) is 18.4. The van der Waals surface area contributed by atoms with Gasteiger partial charge in [-0.05, 0) is 48.4 Å². The fourth-order valence-corrected chi connectivity index (χ4v) is 5.68. The van der Waals surface area contributed by atoms with Gasteiger partial charge in [0.2, 0.25) is 0 Å². The van der Waals surface area contributed by atoms with Gasteiger partial charge in [-0.2, -0.15) is 5.26 Å². The lowest BCUT2D eigenvalue weighted by Crippen LogP contribution is -2.47. The SMILES string of the molecule is CCOC(=O)[C@@]1(C#N)[C@@H]2C=Cc3ccccc3N2[C@@H](C(=O)c2ccc(OC(C)=O)cc2)[C@@H]1c1ccccc1. The van der Waals surface area contributed by atoms with Crippen LogP contribution in [0.2, 0.25) is 0 Å². The minimum atomic E-state index is -1.68. The highest BCUT2D eigenvalue weighted by atomic mass is 16.5.